The van der Waals surface area contributed by atoms with Crippen LogP contribution in [0.1, 0.15) is 78.6 Å². The van der Waals surface area contributed by atoms with E-state index in [9.17, 15) is 4.79 Å². The molecule has 2 saturated carbocycles. The molecule has 1 aliphatic heterocycles. The molecule has 6 rings (SSSR count). The van der Waals surface area contributed by atoms with E-state index in [0.29, 0.717) is 22.3 Å². The highest BCUT2D eigenvalue weighted by Gasteiger charge is 2.60. The van der Waals surface area contributed by atoms with Crippen molar-refractivity contribution in [1.82, 2.24) is 0 Å². The van der Waals surface area contributed by atoms with Gasteiger partial charge in [0, 0.05) is 34.6 Å². The van der Waals surface area contributed by atoms with Crippen molar-refractivity contribution < 1.29 is 23.7 Å². The van der Waals surface area contributed by atoms with Crippen LogP contribution >= 0.6 is 11.3 Å². The Morgan fingerprint density at radius 1 is 0.892 bits per heavy atom. The molecule has 0 unspecified atom stereocenters. The largest absolute Gasteiger partial charge is 0.497 e. The SMILES string of the molecule is COc1ccc2c(c1)O[C@]1(c3ccc(OC)cc3OC(=O)c3cccs3)CCCC[C@@H]1C21CCCCC1. The zero-order valence-electron chi connectivity index (χ0n) is 21.6. The van der Waals surface area contributed by atoms with Crippen LogP contribution in [0.5, 0.6) is 23.0 Å². The van der Waals surface area contributed by atoms with Crippen LogP contribution in [0.15, 0.2) is 53.9 Å². The van der Waals surface area contributed by atoms with Crippen molar-refractivity contribution in [3.8, 4) is 23.0 Å². The molecule has 2 aliphatic carbocycles. The quantitative estimate of drug-likeness (QED) is 0.256. The number of esters is 1. The molecule has 2 fully saturated rings. The molecule has 0 saturated heterocycles. The Morgan fingerprint density at radius 3 is 2.35 bits per heavy atom. The Hall–Kier alpha value is -2.99. The monoisotopic (exact) mass is 518 g/mol. The van der Waals surface area contributed by atoms with Crippen molar-refractivity contribution in [2.45, 2.75) is 68.8 Å². The molecule has 0 N–H and O–H groups in total. The van der Waals surface area contributed by atoms with Gasteiger partial charge in [-0.3, -0.25) is 0 Å². The second kappa shape index (κ2) is 9.71. The average molecular weight is 519 g/mol. The summed E-state index contributed by atoms with van der Waals surface area (Å²) in [5, 5.41) is 1.89. The summed E-state index contributed by atoms with van der Waals surface area (Å²) in [6.07, 6.45) is 10.3. The third-order valence-electron chi connectivity index (χ3n) is 8.85. The van der Waals surface area contributed by atoms with Gasteiger partial charge in [-0.2, -0.15) is 0 Å². The highest BCUT2D eigenvalue weighted by atomic mass is 32.1. The first-order chi connectivity index (χ1) is 18.1. The van der Waals surface area contributed by atoms with Crippen molar-refractivity contribution in [3.63, 3.8) is 0 Å². The average Bonchev–Trinajstić information content (AvgIpc) is 3.49. The Balaban J connectivity index is 1.53. The van der Waals surface area contributed by atoms with E-state index in [4.69, 9.17) is 18.9 Å². The molecule has 5 nitrogen and oxygen atoms in total. The minimum atomic E-state index is -0.591. The summed E-state index contributed by atoms with van der Waals surface area (Å²) in [6, 6.07) is 15.9. The van der Waals surface area contributed by atoms with Gasteiger partial charge < -0.3 is 18.9 Å². The van der Waals surface area contributed by atoms with Crippen LogP contribution in [-0.4, -0.2) is 20.2 Å². The van der Waals surface area contributed by atoms with Crippen molar-refractivity contribution in [3.05, 3.63) is 69.9 Å². The zero-order chi connectivity index (χ0) is 25.5. The molecule has 3 aliphatic rings. The fourth-order valence-electron chi connectivity index (χ4n) is 7.28. The first kappa shape index (κ1) is 24.4. The van der Waals surface area contributed by atoms with Crippen molar-refractivity contribution in [2.75, 3.05) is 14.2 Å². The molecule has 0 radical (unpaired) electrons. The molecule has 3 aromatic rings. The number of ether oxygens (including phenoxy) is 4. The summed E-state index contributed by atoms with van der Waals surface area (Å²) in [7, 11) is 3.34. The zero-order valence-corrected chi connectivity index (χ0v) is 22.4. The maximum absolute atomic E-state index is 13.1. The first-order valence-corrected chi connectivity index (χ1v) is 14.3. The standard InChI is InChI=1S/C31H34O5S/c1-33-21-12-14-24(25(19-21)35-29(32)27-9-8-18-37-27)31-17-7-4-10-28(31)30(15-5-3-6-16-30)23-13-11-22(34-2)20-26(23)36-31/h8-9,11-14,18-20,28H,3-7,10,15-17H2,1-2H3/t28-,31+/m1/s1. The molecular weight excluding hydrogens is 484 g/mol. The molecule has 1 spiro atoms. The normalized spacial score (nSPS) is 23.9. The summed E-state index contributed by atoms with van der Waals surface area (Å²) < 4.78 is 24.4. The lowest BCUT2D eigenvalue weighted by atomic mass is 9.51. The van der Waals surface area contributed by atoms with Gasteiger partial charge in [-0.15, -0.1) is 11.3 Å². The molecule has 0 amide bonds. The van der Waals surface area contributed by atoms with Crippen molar-refractivity contribution >= 4 is 17.3 Å². The topological polar surface area (TPSA) is 54.0 Å². The molecule has 194 valence electrons. The van der Waals surface area contributed by atoms with Crippen LogP contribution in [0, 0.1) is 5.92 Å². The van der Waals surface area contributed by atoms with Gasteiger partial charge in [-0.05, 0) is 61.7 Å². The lowest BCUT2D eigenvalue weighted by Gasteiger charge is -2.58. The fraction of sp³-hybridized carbons (Fsp3) is 0.452. The van der Waals surface area contributed by atoms with E-state index in [0.717, 1.165) is 49.2 Å². The van der Waals surface area contributed by atoms with E-state index < -0.39 is 5.60 Å². The molecule has 2 atom stereocenters. The molecule has 2 aromatic carbocycles. The van der Waals surface area contributed by atoms with Crippen LogP contribution < -0.4 is 18.9 Å². The number of carbonyl (C=O) groups is 1. The van der Waals surface area contributed by atoms with E-state index in [1.54, 1.807) is 20.3 Å². The van der Waals surface area contributed by atoms with Gasteiger partial charge in [0.2, 0.25) is 0 Å². The molecule has 1 aromatic heterocycles. The molecule has 0 bridgehead atoms. The highest BCUT2D eigenvalue weighted by Crippen LogP contribution is 2.64. The Bertz CT molecular complexity index is 1280. The number of fused-ring (bicyclic) bond motifs is 4. The molecular formula is C31H34O5S. The van der Waals surface area contributed by atoms with Crippen LogP contribution in [-0.2, 0) is 11.0 Å². The summed E-state index contributed by atoms with van der Waals surface area (Å²) in [6.45, 7) is 0. The predicted molar refractivity (Wildman–Crippen MR) is 144 cm³/mol. The van der Waals surface area contributed by atoms with E-state index in [2.05, 4.69) is 24.3 Å². The van der Waals surface area contributed by atoms with Gasteiger partial charge in [0.05, 0.1) is 14.2 Å². The Morgan fingerprint density at radius 2 is 1.62 bits per heavy atom. The van der Waals surface area contributed by atoms with Gasteiger partial charge in [-0.25, -0.2) is 4.79 Å². The van der Waals surface area contributed by atoms with Crippen LogP contribution in [0.25, 0.3) is 0 Å². The van der Waals surface area contributed by atoms with E-state index >= 15 is 0 Å². The second-order valence-electron chi connectivity index (χ2n) is 10.6. The maximum atomic E-state index is 13.1. The van der Waals surface area contributed by atoms with Crippen molar-refractivity contribution in [1.29, 1.82) is 0 Å². The highest BCUT2D eigenvalue weighted by molar-refractivity contribution is 7.12. The molecule has 37 heavy (non-hydrogen) atoms. The van der Waals surface area contributed by atoms with Crippen LogP contribution in [0.2, 0.25) is 0 Å². The second-order valence-corrected chi connectivity index (χ2v) is 11.5. The number of hydrogen-bond donors (Lipinski definition) is 0. The van der Waals surface area contributed by atoms with Gasteiger partial charge in [0.1, 0.15) is 33.5 Å². The number of benzene rings is 2. The first-order valence-electron chi connectivity index (χ1n) is 13.4. The third-order valence-corrected chi connectivity index (χ3v) is 9.70. The summed E-state index contributed by atoms with van der Waals surface area (Å²) in [5.74, 6) is 2.84. The summed E-state index contributed by atoms with van der Waals surface area (Å²) in [4.78, 5) is 13.7. The number of thiophene rings is 1. The third kappa shape index (κ3) is 4.01. The number of carbonyl (C=O) groups excluding carboxylic acids is 1. The lowest BCUT2D eigenvalue weighted by Crippen LogP contribution is -2.57. The Kier molecular flexibility index (Phi) is 6.39. The minimum absolute atomic E-state index is 0.0352. The number of hydrogen-bond acceptors (Lipinski definition) is 6. The molecule has 6 heteroatoms. The van der Waals surface area contributed by atoms with E-state index in [1.807, 2.05) is 23.6 Å². The predicted octanol–water partition coefficient (Wildman–Crippen LogP) is 7.66. The lowest BCUT2D eigenvalue weighted by molar-refractivity contribution is -0.0959. The van der Waals surface area contributed by atoms with E-state index in [1.165, 1.54) is 42.6 Å². The smallest absolute Gasteiger partial charge is 0.353 e. The maximum Gasteiger partial charge on any atom is 0.353 e. The summed E-state index contributed by atoms with van der Waals surface area (Å²) in [5.41, 5.74) is 1.71. The number of methoxy groups -OCH3 is 2. The van der Waals surface area contributed by atoms with Crippen molar-refractivity contribution in [2.24, 2.45) is 5.92 Å². The van der Waals surface area contributed by atoms with Gasteiger partial charge in [0.25, 0.3) is 0 Å². The van der Waals surface area contributed by atoms with Gasteiger partial charge >= 0.3 is 5.97 Å². The molecule has 2 heterocycles. The number of rotatable bonds is 5. The van der Waals surface area contributed by atoms with Gasteiger partial charge in [0.15, 0.2) is 0 Å². The van der Waals surface area contributed by atoms with Gasteiger partial charge in [-0.1, -0.05) is 37.8 Å². The fourth-order valence-corrected chi connectivity index (χ4v) is 7.88. The minimum Gasteiger partial charge on any atom is -0.497 e. The van der Waals surface area contributed by atoms with Crippen LogP contribution in [0.4, 0.5) is 0 Å². The summed E-state index contributed by atoms with van der Waals surface area (Å²) >= 11 is 1.38. The Labute approximate surface area is 222 Å². The van der Waals surface area contributed by atoms with E-state index in [-0.39, 0.29) is 11.4 Å². The van der Waals surface area contributed by atoms with Crippen LogP contribution in [0.3, 0.4) is 0 Å².